The van der Waals surface area contributed by atoms with Crippen LogP contribution in [0.4, 0.5) is 0 Å². The second kappa shape index (κ2) is 6.72. The van der Waals surface area contributed by atoms with Gasteiger partial charge >= 0.3 is 0 Å². The van der Waals surface area contributed by atoms with E-state index in [0.717, 1.165) is 6.04 Å². The molecule has 0 atom stereocenters. The molecule has 0 N–H and O–H groups in total. The lowest BCUT2D eigenvalue weighted by Gasteiger charge is -2.33. The van der Waals surface area contributed by atoms with E-state index in [0.29, 0.717) is 0 Å². The molecular formula is C14H29N3. The van der Waals surface area contributed by atoms with E-state index in [1.807, 2.05) is 0 Å². The number of likely N-dealkylation sites (N-methyl/N-ethyl adjacent to an activating group) is 1. The molecule has 2 rings (SSSR count). The van der Waals surface area contributed by atoms with E-state index in [9.17, 15) is 0 Å². The maximum atomic E-state index is 2.72. The zero-order valence-electron chi connectivity index (χ0n) is 11.7. The standard InChI is InChI=1S/C14H29N3/c1-3-7-17(14-5-6-14)9-4-8-16-12-10-15(2)11-13-16/h14H,3-13H2,1-2H3. The molecule has 3 nitrogen and oxygen atoms in total. The fourth-order valence-electron chi connectivity index (χ4n) is 2.77. The third kappa shape index (κ3) is 4.57. The molecule has 2 fully saturated rings. The van der Waals surface area contributed by atoms with Crippen molar-refractivity contribution in [2.75, 3.05) is 52.9 Å². The van der Waals surface area contributed by atoms with Crippen LogP contribution in [-0.4, -0.2) is 73.6 Å². The van der Waals surface area contributed by atoms with E-state index < -0.39 is 0 Å². The van der Waals surface area contributed by atoms with E-state index >= 15 is 0 Å². The summed E-state index contributed by atoms with van der Waals surface area (Å²) < 4.78 is 0. The Morgan fingerprint density at radius 2 is 1.76 bits per heavy atom. The highest BCUT2D eigenvalue weighted by Crippen LogP contribution is 2.26. The molecule has 0 bridgehead atoms. The first-order valence-corrected chi connectivity index (χ1v) is 7.44. The summed E-state index contributed by atoms with van der Waals surface area (Å²) in [5, 5.41) is 0. The van der Waals surface area contributed by atoms with Crippen LogP contribution in [0.5, 0.6) is 0 Å². The summed E-state index contributed by atoms with van der Waals surface area (Å²) in [6, 6.07) is 0.947. The molecule has 100 valence electrons. The molecule has 3 heteroatoms. The molecule has 2 aliphatic rings. The highest BCUT2D eigenvalue weighted by atomic mass is 15.2. The summed E-state index contributed by atoms with van der Waals surface area (Å²) in [4.78, 5) is 7.79. The summed E-state index contributed by atoms with van der Waals surface area (Å²) in [7, 11) is 2.23. The van der Waals surface area contributed by atoms with Crippen LogP contribution in [0.1, 0.15) is 32.6 Å². The van der Waals surface area contributed by atoms with Gasteiger partial charge in [0.15, 0.2) is 0 Å². The van der Waals surface area contributed by atoms with Crippen molar-refractivity contribution in [3.63, 3.8) is 0 Å². The predicted octanol–water partition coefficient (Wildman–Crippen LogP) is 1.50. The highest BCUT2D eigenvalue weighted by Gasteiger charge is 2.27. The van der Waals surface area contributed by atoms with E-state index in [-0.39, 0.29) is 0 Å². The van der Waals surface area contributed by atoms with Crippen molar-refractivity contribution in [1.82, 2.24) is 14.7 Å². The largest absolute Gasteiger partial charge is 0.304 e. The molecule has 0 amide bonds. The Kier molecular flexibility index (Phi) is 5.26. The molecular weight excluding hydrogens is 210 g/mol. The Balaban J connectivity index is 1.58. The van der Waals surface area contributed by atoms with Crippen LogP contribution >= 0.6 is 0 Å². The molecule has 0 radical (unpaired) electrons. The van der Waals surface area contributed by atoms with Crippen molar-refractivity contribution in [3.05, 3.63) is 0 Å². The van der Waals surface area contributed by atoms with Gasteiger partial charge in [0.2, 0.25) is 0 Å². The quantitative estimate of drug-likeness (QED) is 0.666. The molecule has 0 aromatic rings. The van der Waals surface area contributed by atoms with Crippen molar-refractivity contribution in [1.29, 1.82) is 0 Å². The lowest BCUT2D eigenvalue weighted by molar-refractivity contribution is 0.145. The molecule has 0 spiro atoms. The number of nitrogens with zero attached hydrogens (tertiary/aromatic N) is 3. The molecule has 1 saturated heterocycles. The maximum Gasteiger partial charge on any atom is 0.0110 e. The van der Waals surface area contributed by atoms with Crippen LogP contribution in [0.2, 0.25) is 0 Å². The van der Waals surface area contributed by atoms with Gasteiger partial charge in [-0.2, -0.15) is 0 Å². The van der Waals surface area contributed by atoms with Crippen LogP contribution < -0.4 is 0 Å². The number of hydrogen-bond acceptors (Lipinski definition) is 3. The van der Waals surface area contributed by atoms with Crippen molar-refractivity contribution in [2.45, 2.75) is 38.6 Å². The Bertz CT molecular complexity index is 208. The third-order valence-electron chi connectivity index (χ3n) is 4.09. The first-order valence-electron chi connectivity index (χ1n) is 7.44. The van der Waals surface area contributed by atoms with Gasteiger partial charge in [0, 0.05) is 32.2 Å². The summed E-state index contributed by atoms with van der Waals surface area (Å²) in [6.45, 7) is 11.3. The van der Waals surface area contributed by atoms with Gasteiger partial charge in [-0.15, -0.1) is 0 Å². The zero-order valence-corrected chi connectivity index (χ0v) is 11.7. The van der Waals surface area contributed by atoms with E-state index in [2.05, 4.69) is 28.7 Å². The van der Waals surface area contributed by atoms with Gasteiger partial charge in [0.1, 0.15) is 0 Å². The SMILES string of the molecule is CCCN(CCCN1CCN(C)CC1)C1CC1. The first-order chi connectivity index (χ1) is 8.29. The molecule has 0 unspecified atom stereocenters. The Morgan fingerprint density at radius 1 is 1.06 bits per heavy atom. The van der Waals surface area contributed by atoms with Crippen molar-refractivity contribution in [2.24, 2.45) is 0 Å². The van der Waals surface area contributed by atoms with Gasteiger partial charge in [0.25, 0.3) is 0 Å². The van der Waals surface area contributed by atoms with Gasteiger partial charge in [-0.3, -0.25) is 0 Å². The fraction of sp³-hybridized carbons (Fsp3) is 1.00. The molecule has 0 aromatic heterocycles. The minimum Gasteiger partial charge on any atom is -0.304 e. The topological polar surface area (TPSA) is 9.72 Å². The average Bonchev–Trinajstić information content (AvgIpc) is 3.15. The summed E-state index contributed by atoms with van der Waals surface area (Å²) in [6.07, 6.45) is 5.58. The minimum atomic E-state index is 0.947. The fourth-order valence-corrected chi connectivity index (χ4v) is 2.77. The van der Waals surface area contributed by atoms with Crippen LogP contribution in [0.25, 0.3) is 0 Å². The van der Waals surface area contributed by atoms with Gasteiger partial charge in [-0.1, -0.05) is 6.92 Å². The van der Waals surface area contributed by atoms with Crippen molar-refractivity contribution in [3.8, 4) is 0 Å². The second-order valence-corrected chi connectivity index (χ2v) is 5.77. The lowest BCUT2D eigenvalue weighted by atomic mass is 10.2. The van der Waals surface area contributed by atoms with Crippen LogP contribution in [0, 0.1) is 0 Å². The summed E-state index contributed by atoms with van der Waals surface area (Å²) in [5.74, 6) is 0. The van der Waals surface area contributed by atoms with Crippen LogP contribution in [0.15, 0.2) is 0 Å². The van der Waals surface area contributed by atoms with Gasteiger partial charge < -0.3 is 14.7 Å². The molecule has 1 aliphatic carbocycles. The van der Waals surface area contributed by atoms with Gasteiger partial charge in [-0.25, -0.2) is 0 Å². The number of piperazine rings is 1. The summed E-state index contributed by atoms with van der Waals surface area (Å²) >= 11 is 0. The monoisotopic (exact) mass is 239 g/mol. The lowest BCUT2D eigenvalue weighted by Crippen LogP contribution is -2.45. The highest BCUT2D eigenvalue weighted by molar-refractivity contribution is 4.84. The van der Waals surface area contributed by atoms with Crippen LogP contribution in [0.3, 0.4) is 0 Å². The molecule has 17 heavy (non-hydrogen) atoms. The van der Waals surface area contributed by atoms with E-state index in [1.54, 1.807) is 0 Å². The van der Waals surface area contributed by atoms with E-state index in [4.69, 9.17) is 0 Å². The smallest absolute Gasteiger partial charge is 0.0110 e. The second-order valence-electron chi connectivity index (χ2n) is 5.77. The molecule has 0 aromatic carbocycles. The predicted molar refractivity (Wildman–Crippen MR) is 73.4 cm³/mol. The maximum absolute atomic E-state index is 2.72. The Hall–Kier alpha value is -0.120. The normalized spacial score (nSPS) is 23.5. The van der Waals surface area contributed by atoms with Crippen molar-refractivity contribution < 1.29 is 0 Å². The minimum absolute atomic E-state index is 0.947. The Labute approximate surface area is 107 Å². The average molecular weight is 239 g/mol. The van der Waals surface area contributed by atoms with E-state index in [1.165, 1.54) is 71.5 Å². The van der Waals surface area contributed by atoms with Gasteiger partial charge in [0.05, 0.1) is 0 Å². The molecule has 1 heterocycles. The first kappa shape index (κ1) is 13.3. The number of hydrogen-bond donors (Lipinski definition) is 0. The number of rotatable bonds is 7. The van der Waals surface area contributed by atoms with Crippen LogP contribution in [-0.2, 0) is 0 Å². The third-order valence-corrected chi connectivity index (χ3v) is 4.09. The molecule has 1 aliphatic heterocycles. The zero-order chi connectivity index (χ0) is 12.1. The Morgan fingerprint density at radius 3 is 2.35 bits per heavy atom. The molecule has 1 saturated carbocycles. The summed E-state index contributed by atoms with van der Waals surface area (Å²) in [5.41, 5.74) is 0. The van der Waals surface area contributed by atoms with Gasteiger partial charge in [-0.05, 0) is 52.4 Å². The van der Waals surface area contributed by atoms with Crippen molar-refractivity contribution >= 4 is 0 Å².